The van der Waals surface area contributed by atoms with Gasteiger partial charge in [0.25, 0.3) is 0 Å². The van der Waals surface area contributed by atoms with Gasteiger partial charge in [0, 0.05) is 6.42 Å². The van der Waals surface area contributed by atoms with Crippen LogP contribution >= 0.6 is 0 Å². The molecule has 1 heterocycles. The summed E-state index contributed by atoms with van der Waals surface area (Å²) in [5, 5.41) is 0. The van der Waals surface area contributed by atoms with Crippen LogP contribution in [0.4, 0.5) is 0 Å². The second kappa shape index (κ2) is 4.75. The molecular weight excluding hydrogens is 184 g/mol. The fourth-order valence-electron chi connectivity index (χ4n) is 0.953. The predicted octanol–water partition coefficient (Wildman–Crippen LogP) is 1.83. The monoisotopic (exact) mass is 202 g/mol. The van der Waals surface area contributed by atoms with Gasteiger partial charge in [0.15, 0.2) is 0 Å². The molecule has 0 aliphatic carbocycles. The van der Waals surface area contributed by atoms with Gasteiger partial charge in [-0.05, 0) is 26.7 Å². The number of hydrogen-bond acceptors (Lipinski definition) is 4. The first-order chi connectivity index (χ1) is 6.53. The Morgan fingerprint density at radius 3 is 2.79 bits per heavy atom. The topological polar surface area (TPSA) is 44.8 Å². The Morgan fingerprint density at radius 1 is 1.57 bits per heavy atom. The summed E-state index contributed by atoms with van der Waals surface area (Å²) >= 11 is 0. The van der Waals surface area contributed by atoms with Gasteiger partial charge in [0.1, 0.15) is 12.7 Å². The fraction of sp³-hybridized carbons (Fsp3) is 0.900. The second-order valence-electron chi connectivity index (χ2n) is 4.14. The van der Waals surface area contributed by atoms with Crippen molar-refractivity contribution in [2.75, 3.05) is 6.61 Å². The molecule has 0 bridgehead atoms. The Kier molecular flexibility index (Phi) is 3.89. The van der Waals surface area contributed by atoms with E-state index in [1.54, 1.807) is 0 Å². The molecule has 4 nitrogen and oxygen atoms in total. The van der Waals surface area contributed by atoms with E-state index in [2.05, 4.69) is 0 Å². The molecule has 1 saturated heterocycles. The lowest BCUT2D eigenvalue weighted by Gasteiger charge is -2.27. The van der Waals surface area contributed by atoms with Gasteiger partial charge in [-0.1, -0.05) is 6.92 Å². The van der Waals surface area contributed by atoms with Gasteiger partial charge in [-0.25, -0.2) is 9.78 Å². The van der Waals surface area contributed by atoms with Gasteiger partial charge >= 0.3 is 5.97 Å². The van der Waals surface area contributed by atoms with Gasteiger partial charge in [-0.2, -0.15) is 0 Å². The van der Waals surface area contributed by atoms with E-state index in [1.807, 2.05) is 20.8 Å². The average Bonchev–Trinajstić information content (AvgIpc) is 2.17. The first-order valence-corrected chi connectivity index (χ1v) is 5.03. The van der Waals surface area contributed by atoms with Gasteiger partial charge in [-0.3, -0.25) is 4.79 Å². The smallest absolute Gasteiger partial charge is 0.305 e. The van der Waals surface area contributed by atoms with Crippen molar-refractivity contribution in [3.63, 3.8) is 0 Å². The highest BCUT2D eigenvalue weighted by Gasteiger charge is 2.24. The Balaban J connectivity index is 2.22. The van der Waals surface area contributed by atoms with Crippen LogP contribution in [0.2, 0.25) is 0 Å². The summed E-state index contributed by atoms with van der Waals surface area (Å²) in [5.74, 6) is -0.153. The summed E-state index contributed by atoms with van der Waals surface area (Å²) in [6.45, 7) is 6.26. The highest BCUT2D eigenvalue weighted by atomic mass is 17.2. The lowest BCUT2D eigenvalue weighted by Crippen LogP contribution is -2.32. The molecule has 1 fully saturated rings. The van der Waals surface area contributed by atoms with E-state index in [0.717, 1.165) is 6.42 Å². The van der Waals surface area contributed by atoms with E-state index < -0.39 is 0 Å². The van der Waals surface area contributed by atoms with Crippen LogP contribution in [0.5, 0.6) is 0 Å². The molecule has 0 radical (unpaired) electrons. The number of hydrogen-bond donors (Lipinski definition) is 0. The minimum atomic E-state index is -0.276. The molecule has 1 rings (SSSR count). The van der Waals surface area contributed by atoms with Crippen molar-refractivity contribution in [2.45, 2.75) is 51.7 Å². The quantitative estimate of drug-likeness (QED) is 0.396. The fourth-order valence-corrected chi connectivity index (χ4v) is 0.953. The number of rotatable bonds is 4. The minimum absolute atomic E-state index is 0.112. The Morgan fingerprint density at radius 2 is 2.29 bits per heavy atom. The molecule has 1 atom stereocenters. The number of carbonyl (C=O) groups is 1. The molecule has 4 heteroatoms. The van der Waals surface area contributed by atoms with E-state index in [0.29, 0.717) is 19.4 Å². The zero-order chi connectivity index (χ0) is 10.6. The molecule has 1 aliphatic rings. The molecule has 0 aromatic carbocycles. The average molecular weight is 202 g/mol. The summed E-state index contributed by atoms with van der Waals surface area (Å²) in [6.07, 6.45) is 1.86. The molecule has 0 aromatic rings. The van der Waals surface area contributed by atoms with Crippen molar-refractivity contribution in [2.24, 2.45) is 0 Å². The Labute approximate surface area is 84.4 Å². The van der Waals surface area contributed by atoms with E-state index in [1.165, 1.54) is 0 Å². The second-order valence-corrected chi connectivity index (χ2v) is 4.14. The lowest BCUT2D eigenvalue weighted by molar-refractivity contribution is -0.383. The zero-order valence-corrected chi connectivity index (χ0v) is 9.04. The van der Waals surface area contributed by atoms with E-state index >= 15 is 0 Å². The summed E-state index contributed by atoms with van der Waals surface area (Å²) in [4.78, 5) is 21.2. The summed E-state index contributed by atoms with van der Waals surface area (Å²) < 4.78 is 4.85. The van der Waals surface area contributed by atoms with Crippen molar-refractivity contribution >= 4 is 5.97 Å². The first kappa shape index (κ1) is 11.5. The van der Waals surface area contributed by atoms with Crippen LogP contribution in [-0.4, -0.2) is 24.3 Å². The molecule has 0 amide bonds. The number of carbonyl (C=O) groups excluding carboxylic acids is 1. The van der Waals surface area contributed by atoms with Crippen LogP contribution in [0.25, 0.3) is 0 Å². The Hall–Kier alpha value is -0.610. The highest BCUT2D eigenvalue weighted by Crippen LogP contribution is 2.18. The molecule has 0 saturated carbocycles. The van der Waals surface area contributed by atoms with Crippen molar-refractivity contribution < 1.29 is 19.3 Å². The number of cyclic esters (lactones) is 1. The van der Waals surface area contributed by atoms with Crippen molar-refractivity contribution in [1.29, 1.82) is 0 Å². The third-order valence-corrected chi connectivity index (χ3v) is 2.36. The molecule has 0 aromatic heterocycles. The molecule has 1 aliphatic heterocycles. The standard InChI is InChI=1S/C10H18O4/c1-4-10(2,3)14-13-8-5-6-9(11)12-7-8/h8H,4-7H2,1-3H3. The summed E-state index contributed by atoms with van der Waals surface area (Å²) in [6, 6.07) is 0. The number of esters is 1. The van der Waals surface area contributed by atoms with E-state index in [4.69, 9.17) is 14.5 Å². The normalized spacial score (nSPS) is 23.4. The molecule has 0 spiro atoms. The van der Waals surface area contributed by atoms with Crippen LogP contribution in [0.3, 0.4) is 0 Å². The predicted molar refractivity (Wildman–Crippen MR) is 50.5 cm³/mol. The highest BCUT2D eigenvalue weighted by molar-refractivity contribution is 5.70. The van der Waals surface area contributed by atoms with Gasteiger partial charge in [0.05, 0.1) is 5.60 Å². The molecule has 0 N–H and O–H groups in total. The van der Waals surface area contributed by atoms with Crippen molar-refractivity contribution in [1.82, 2.24) is 0 Å². The van der Waals surface area contributed by atoms with Gasteiger partial charge in [-0.15, -0.1) is 0 Å². The van der Waals surface area contributed by atoms with E-state index in [-0.39, 0.29) is 17.7 Å². The third kappa shape index (κ3) is 3.64. The summed E-state index contributed by atoms with van der Waals surface area (Å²) in [7, 11) is 0. The first-order valence-electron chi connectivity index (χ1n) is 5.03. The maximum Gasteiger partial charge on any atom is 0.305 e. The van der Waals surface area contributed by atoms with Crippen LogP contribution in [0, 0.1) is 0 Å². The van der Waals surface area contributed by atoms with E-state index in [9.17, 15) is 4.79 Å². The zero-order valence-electron chi connectivity index (χ0n) is 9.04. The SMILES string of the molecule is CCC(C)(C)OOC1CCC(=O)OC1. The van der Waals surface area contributed by atoms with Gasteiger partial charge < -0.3 is 4.74 Å². The summed E-state index contributed by atoms with van der Waals surface area (Å²) in [5.41, 5.74) is -0.276. The van der Waals surface area contributed by atoms with Crippen LogP contribution in [0.15, 0.2) is 0 Å². The Bertz CT molecular complexity index is 190. The third-order valence-electron chi connectivity index (χ3n) is 2.36. The largest absolute Gasteiger partial charge is 0.463 e. The van der Waals surface area contributed by atoms with Crippen LogP contribution < -0.4 is 0 Å². The molecule has 14 heavy (non-hydrogen) atoms. The van der Waals surface area contributed by atoms with Gasteiger partial charge in [0.2, 0.25) is 0 Å². The lowest BCUT2D eigenvalue weighted by atomic mass is 10.1. The van der Waals surface area contributed by atoms with Crippen LogP contribution in [0.1, 0.15) is 40.0 Å². The maximum atomic E-state index is 10.7. The maximum absolute atomic E-state index is 10.7. The minimum Gasteiger partial charge on any atom is -0.463 e. The van der Waals surface area contributed by atoms with Crippen LogP contribution in [-0.2, 0) is 19.3 Å². The number of ether oxygens (including phenoxy) is 1. The molecule has 1 unspecified atom stereocenters. The molecular formula is C10H18O4. The van der Waals surface area contributed by atoms with Crippen molar-refractivity contribution in [3.8, 4) is 0 Å². The van der Waals surface area contributed by atoms with Crippen molar-refractivity contribution in [3.05, 3.63) is 0 Å². The molecule has 82 valence electrons.